The van der Waals surface area contributed by atoms with Crippen LogP contribution < -0.4 is 19.9 Å². The summed E-state index contributed by atoms with van der Waals surface area (Å²) in [6.07, 6.45) is 1.54. The summed E-state index contributed by atoms with van der Waals surface area (Å²) in [5, 5.41) is 3.85. The summed E-state index contributed by atoms with van der Waals surface area (Å²) < 4.78 is 40.3. The van der Waals surface area contributed by atoms with E-state index in [0.29, 0.717) is 8.25 Å². The molecule has 12 heteroatoms. The van der Waals surface area contributed by atoms with Gasteiger partial charge in [0.25, 0.3) is 10.0 Å². The second kappa shape index (κ2) is 8.11. The van der Waals surface area contributed by atoms with Crippen molar-refractivity contribution in [2.45, 2.75) is 37.6 Å². The number of sulfonamides is 1. The maximum absolute atomic E-state index is 12.8. The van der Waals surface area contributed by atoms with Crippen molar-refractivity contribution >= 4 is 38.6 Å². The van der Waals surface area contributed by atoms with Gasteiger partial charge in [0.05, 0.1) is 13.2 Å². The number of halogens is 1. The zero-order valence-electron chi connectivity index (χ0n) is 15.2. The number of ether oxygens (including phenoxy) is 2. The summed E-state index contributed by atoms with van der Waals surface area (Å²) >= 11 is 1.84. The highest BCUT2D eigenvalue weighted by Gasteiger charge is 2.33. The van der Waals surface area contributed by atoms with Gasteiger partial charge in [0.2, 0.25) is 0 Å². The molecule has 1 fully saturated rings. The second-order valence-corrected chi connectivity index (χ2v) is 8.70. The van der Waals surface area contributed by atoms with E-state index < -0.39 is 21.7 Å². The highest BCUT2D eigenvalue weighted by atomic mass is 127. The number of hydrogen-bond acceptors (Lipinski definition) is 7. The number of carbonyl (C=O) groups excluding carboxylic acids is 1. The molecule has 0 bridgehead atoms. The van der Waals surface area contributed by atoms with Gasteiger partial charge < -0.3 is 9.47 Å². The molecular weight excluding hydrogens is 503 g/mol. The molecule has 28 heavy (non-hydrogen) atoms. The summed E-state index contributed by atoms with van der Waals surface area (Å²) in [4.78, 5) is 24.9. The van der Waals surface area contributed by atoms with E-state index in [1.807, 2.05) is 27.3 Å². The maximum Gasteiger partial charge on any atom is 0.360 e. The molecule has 1 N–H and O–H groups in total. The predicted molar refractivity (Wildman–Crippen MR) is 107 cm³/mol. The molecule has 1 aliphatic rings. The third-order valence-electron chi connectivity index (χ3n) is 3.88. The lowest BCUT2D eigenvalue weighted by atomic mass is 10.3. The fourth-order valence-electron chi connectivity index (χ4n) is 2.59. The van der Waals surface area contributed by atoms with Crippen LogP contribution in [0.2, 0.25) is 0 Å². The van der Waals surface area contributed by atoms with Gasteiger partial charge in [-0.05, 0) is 61.4 Å². The van der Waals surface area contributed by atoms with Gasteiger partial charge in [0.1, 0.15) is 10.6 Å². The number of hydrogen-bond donors (Lipinski definition) is 1. The Morgan fingerprint density at radius 1 is 1.29 bits per heavy atom. The Kier molecular flexibility index (Phi) is 5.98. The smallest absolute Gasteiger partial charge is 0.360 e. The number of rotatable bonds is 7. The van der Waals surface area contributed by atoms with Gasteiger partial charge in [-0.3, -0.25) is 0 Å². The van der Waals surface area contributed by atoms with Gasteiger partial charge in [-0.15, -0.1) is 9.78 Å². The van der Waals surface area contributed by atoms with E-state index in [4.69, 9.17) is 9.47 Å². The molecule has 0 unspecified atom stereocenters. The van der Waals surface area contributed by atoms with Crippen molar-refractivity contribution < 1.29 is 22.7 Å². The molecule has 1 saturated carbocycles. The Morgan fingerprint density at radius 3 is 2.57 bits per heavy atom. The van der Waals surface area contributed by atoms with Crippen molar-refractivity contribution in [2.24, 2.45) is 0 Å². The van der Waals surface area contributed by atoms with Gasteiger partial charge in [-0.25, -0.2) is 27.3 Å². The standard InChI is InChI=1S/C16H19IN4O6S/c1-3-26-12-7-5-6-11(17)13(12)28(24,25)19-14(22)21-16(23)20(10-8-9-10)15(18-21)27-4-2/h5-7,10H,3-4,8-9H2,1-2H3,(H,19,22). The highest BCUT2D eigenvalue weighted by Crippen LogP contribution is 2.36. The molecule has 2 aromatic rings. The molecule has 10 nitrogen and oxygen atoms in total. The number of nitrogens with zero attached hydrogens (tertiary/aromatic N) is 3. The molecule has 152 valence electrons. The zero-order chi connectivity index (χ0) is 20.5. The van der Waals surface area contributed by atoms with E-state index in [1.165, 1.54) is 10.6 Å². The molecule has 1 amide bonds. The van der Waals surface area contributed by atoms with E-state index in [9.17, 15) is 18.0 Å². The van der Waals surface area contributed by atoms with Crippen LogP contribution in [0.15, 0.2) is 27.9 Å². The van der Waals surface area contributed by atoms with E-state index in [0.717, 1.165) is 12.8 Å². The quantitative estimate of drug-likeness (QED) is 0.550. The lowest BCUT2D eigenvalue weighted by Gasteiger charge is -2.13. The van der Waals surface area contributed by atoms with Crippen LogP contribution in [0, 0.1) is 3.57 Å². The van der Waals surface area contributed by atoms with Crippen LogP contribution in [0.25, 0.3) is 0 Å². The SMILES string of the molecule is CCOc1cccc(I)c1S(=O)(=O)NC(=O)n1nc(OCC)n(C2CC2)c1=O. The highest BCUT2D eigenvalue weighted by molar-refractivity contribution is 14.1. The minimum Gasteiger partial charge on any atom is -0.492 e. The second-order valence-electron chi connectivity index (χ2n) is 5.92. The number of amides is 1. The Balaban J connectivity index is 1.95. The molecule has 3 rings (SSSR count). The molecule has 0 radical (unpaired) electrons. The monoisotopic (exact) mass is 522 g/mol. The van der Waals surface area contributed by atoms with Crippen molar-refractivity contribution in [3.8, 4) is 11.8 Å². The first kappa shape index (κ1) is 20.6. The number of nitrogens with one attached hydrogen (secondary N) is 1. The Labute approximate surface area is 175 Å². The van der Waals surface area contributed by atoms with Crippen LogP contribution in [0.5, 0.6) is 11.8 Å². The molecule has 0 atom stereocenters. The lowest BCUT2D eigenvalue weighted by Crippen LogP contribution is -2.41. The first-order chi connectivity index (χ1) is 13.3. The van der Waals surface area contributed by atoms with Crippen molar-refractivity contribution in [2.75, 3.05) is 13.2 Å². The molecule has 0 saturated heterocycles. The van der Waals surface area contributed by atoms with Crippen LogP contribution in [0.3, 0.4) is 0 Å². The number of aromatic nitrogens is 3. The minimum absolute atomic E-state index is 0.00755. The van der Waals surface area contributed by atoms with Gasteiger partial charge in [0, 0.05) is 9.61 Å². The summed E-state index contributed by atoms with van der Waals surface area (Å²) in [5.41, 5.74) is -0.744. The van der Waals surface area contributed by atoms with Crippen molar-refractivity contribution in [1.82, 2.24) is 19.1 Å². The number of carbonyl (C=O) groups is 1. The zero-order valence-corrected chi connectivity index (χ0v) is 18.2. The van der Waals surface area contributed by atoms with E-state index >= 15 is 0 Å². The van der Waals surface area contributed by atoms with E-state index in [2.05, 4.69) is 5.10 Å². The van der Waals surface area contributed by atoms with Crippen LogP contribution in [0.4, 0.5) is 4.79 Å². The third-order valence-corrected chi connectivity index (χ3v) is 6.54. The summed E-state index contributed by atoms with van der Waals surface area (Å²) in [5.74, 6) is 0.112. The van der Waals surface area contributed by atoms with Crippen molar-refractivity contribution in [1.29, 1.82) is 0 Å². The molecular formula is C16H19IN4O6S. The average Bonchev–Trinajstić information content (AvgIpc) is 3.39. The summed E-state index contributed by atoms with van der Waals surface area (Å²) in [6, 6.07) is 3.42. The van der Waals surface area contributed by atoms with E-state index in [1.54, 1.807) is 26.0 Å². The van der Waals surface area contributed by atoms with Gasteiger partial charge in [0.15, 0.2) is 0 Å². The first-order valence-electron chi connectivity index (χ1n) is 8.63. The van der Waals surface area contributed by atoms with Crippen LogP contribution in [-0.2, 0) is 10.0 Å². The van der Waals surface area contributed by atoms with Crippen LogP contribution in [0.1, 0.15) is 32.7 Å². The molecule has 1 aromatic carbocycles. The molecule has 0 spiro atoms. The number of benzene rings is 1. The topological polar surface area (TPSA) is 122 Å². The fourth-order valence-corrected chi connectivity index (χ4v) is 5.07. The third kappa shape index (κ3) is 4.01. The van der Waals surface area contributed by atoms with Gasteiger partial charge in [-0.2, -0.15) is 0 Å². The Bertz CT molecular complexity index is 1060. The van der Waals surface area contributed by atoms with E-state index in [-0.39, 0.29) is 35.9 Å². The Hall–Kier alpha value is -2.09. The predicted octanol–water partition coefficient (Wildman–Crippen LogP) is 1.73. The first-order valence-corrected chi connectivity index (χ1v) is 11.2. The van der Waals surface area contributed by atoms with Crippen LogP contribution >= 0.6 is 22.6 Å². The molecule has 1 aliphatic carbocycles. The normalized spacial score (nSPS) is 14.0. The minimum atomic E-state index is -4.31. The summed E-state index contributed by atoms with van der Waals surface area (Å²) in [6.45, 7) is 3.94. The largest absolute Gasteiger partial charge is 0.492 e. The van der Waals surface area contributed by atoms with Gasteiger partial charge in [-0.1, -0.05) is 6.07 Å². The molecule has 1 aromatic heterocycles. The maximum atomic E-state index is 12.8. The van der Waals surface area contributed by atoms with Crippen LogP contribution in [-0.4, -0.2) is 42.0 Å². The molecule has 0 aliphatic heterocycles. The Morgan fingerprint density at radius 2 is 1.96 bits per heavy atom. The van der Waals surface area contributed by atoms with Crippen molar-refractivity contribution in [3.05, 3.63) is 32.3 Å². The lowest BCUT2D eigenvalue weighted by molar-refractivity contribution is 0.242. The average molecular weight is 522 g/mol. The van der Waals surface area contributed by atoms with Gasteiger partial charge >= 0.3 is 17.7 Å². The fraction of sp³-hybridized carbons (Fsp3) is 0.438. The molecule has 1 heterocycles. The van der Waals surface area contributed by atoms with Crippen molar-refractivity contribution in [3.63, 3.8) is 0 Å². The summed E-state index contributed by atoms with van der Waals surface area (Å²) in [7, 11) is -4.31.